The van der Waals surface area contributed by atoms with Crippen LogP contribution in [0, 0.1) is 6.92 Å². The molecule has 0 saturated carbocycles. The maximum absolute atomic E-state index is 4.61. The Morgan fingerprint density at radius 2 is 2.31 bits per heavy atom. The monoisotopic (exact) mass is 238 g/mol. The number of aromatic nitrogens is 1. The minimum atomic E-state index is 0.320. The topological polar surface area (TPSA) is 24.9 Å². The number of nitrogens with zero attached hydrogens (tertiary/aromatic N) is 1. The maximum Gasteiger partial charge on any atom is 0.0946 e. The second-order valence-electron chi connectivity index (χ2n) is 4.93. The van der Waals surface area contributed by atoms with Gasteiger partial charge >= 0.3 is 0 Å². The third kappa shape index (κ3) is 2.83. The summed E-state index contributed by atoms with van der Waals surface area (Å²) in [6.45, 7) is 5.57. The summed E-state index contributed by atoms with van der Waals surface area (Å²) in [5.74, 6) is 0. The molecule has 2 nitrogen and oxygen atoms in total. The van der Waals surface area contributed by atoms with Crippen LogP contribution in [0.5, 0.6) is 0 Å². The Labute approximate surface area is 102 Å². The number of aryl methyl sites for hydroxylation is 1. The number of hydrogen-bond acceptors (Lipinski definition) is 3. The summed E-state index contributed by atoms with van der Waals surface area (Å²) in [5, 5.41) is 7.23. The number of thiazole rings is 1. The number of nitrogens with one attached hydrogen (secondary N) is 1. The zero-order valence-corrected chi connectivity index (χ0v) is 11.2. The van der Waals surface area contributed by atoms with Crippen molar-refractivity contribution in [1.82, 2.24) is 10.3 Å². The smallest absolute Gasteiger partial charge is 0.0946 e. The Bertz CT molecular complexity index is 324. The summed E-state index contributed by atoms with van der Waals surface area (Å²) in [4.78, 5) is 4.61. The molecule has 1 aromatic heterocycles. The fourth-order valence-electron chi connectivity index (χ4n) is 2.56. The van der Waals surface area contributed by atoms with E-state index in [2.05, 4.69) is 29.5 Å². The van der Waals surface area contributed by atoms with Crippen molar-refractivity contribution in [1.29, 1.82) is 0 Å². The fourth-order valence-corrected chi connectivity index (χ4v) is 3.47. The number of hydrogen-bond donors (Lipinski definition) is 1. The van der Waals surface area contributed by atoms with Crippen molar-refractivity contribution in [3.05, 3.63) is 16.1 Å². The van der Waals surface area contributed by atoms with Crippen molar-refractivity contribution in [2.24, 2.45) is 0 Å². The van der Waals surface area contributed by atoms with E-state index in [-0.39, 0.29) is 0 Å². The molecule has 0 spiro atoms. The van der Waals surface area contributed by atoms with Crippen molar-refractivity contribution in [3.63, 3.8) is 0 Å². The van der Waals surface area contributed by atoms with Gasteiger partial charge in [0.1, 0.15) is 0 Å². The standard InChI is InChI=1S/C13H22N2S/c1-3-13(7-5-4-6-8-14-13)9-12-15-11(2)10-16-12/h10,14H,3-9H2,1-2H3. The summed E-state index contributed by atoms with van der Waals surface area (Å²) < 4.78 is 0. The lowest BCUT2D eigenvalue weighted by molar-refractivity contribution is 0.302. The van der Waals surface area contributed by atoms with E-state index < -0.39 is 0 Å². The molecule has 0 amide bonds. The first kappa shape index (κ1) is 12.1. The van der Waals surface area contributed by atoms with Gasteiger partial charge in [0.15, 0.2) is 0 Å². The summed E-state index contributed by atoms with van der Waals surface area (Å²) in [6, 6.07) is 0. The first-order valence-electron chi connectivity index (χ1n) is 6.40. The SMILES string of the molecule is CCC1(Cc2nc(C)cs2)CCCCCN1. The zero-order valence-electron chi connectivity index (χ0n) is 10.4. The highest BCUT2D eigenvalue weighted by atomic mass is 32.1. The Hall–Kier alpha value is -0.410. The maximum atomic E-state index is 4.61. The normalized spacial score (nSPS) is 26.6. The molecule has 0 aromatic carbocycles. The average molecular weight is 238 g/mol. The van der Waals surface area contributed by atoms with Crippen molar-refractivity contribution < 1.29 is 0 Å². The van der Waals surface area contributed by atoms with E-state index in [4.69, 9.17) is 0 Å². The van der Waals surface area contributed by atoms with Crippen LogP contribution in [0.15, 0.2) is 5.38 Å². The van der Waals surface area contributed by atoms with Crippen LogP contribution in [-0.2, 0) is 6.42 Å². The van der Waals surface area contributed by atoms with Crippen molar-refractivity contribution in [3.8, 4) is 0 Å². The van der Waals surface area contributed by atoms with Gasteiger partial charge < -0.3 is 5.32 Å². The van der Waals surface area contributed by atoms with Gasteiger partial charge in [-0.2, -0.15) is 0 Å². The largest absolute Gasteiger partial charge is 0.311 e. The van der Waals surface area contributed by atoms with E-state index in [1.807, 2.05) is 11.3 Å². The van der Waals surface area contributed by atoms with E-state index in [9.17, 15) is 0 Å². The molecule has 0 radical (unpaired) electrons. The molecule has 1 atom stereocenters. The molecular formula is C13H22N2S. The molecule has 1 N–H and O–H groups in total. The molecule has 1 saturated heterocycles. The van der Waals surface area contributed by atoms with Gasteiger partial charge in [0.2, 0.25) is 0 Å². The van der Waals surface area contributed by atoms with Crippen LogP contribution in [0.2, 0.25) is 0 Å². The van der Waals surface area contributed by atoms with Crippen molar-refractivity contribution >= 4 is 11.3 Å². The van der Waals surface area contributed by atoms with Gasteiger partial charge in [0.25, 0.3) is 0 Å². The Kier molecular flexibility index (Phi) is 3.98. The molecular weight excluding hydrogens is 216 g/mol. The van der Waals surface area contributed by atoms with Crippen LogP contribution < -0.4 is 5.32 Å². The highest BCUT2D eigenvalue weighted by Crippen LogP contribution is 2.27. The van der Waals surface area contributed by atoms with E-state index in [0.717, 1.165) is 6.42 Å². The molecule has 1 unspecified atom stereocenters. The van der Waals surface area contributed by atoms with Crippen molar-refractivity contribution in [2.45, 2.75) is 57.9 Å². The summed E-state index contributed by atoms with van der Waals surface area (Å²) in [5.41, 5.74) is 1.49. The predicted octanol–water partition coefficient (Wildman–Crippen LogP) is 3.31. The lowest BCUT2D eigenvalue weighted by Gasteiger charge is -2.32. The van der Waals surface area contributed by atoms with Gasteiger partial charge in [0.05, 0.1) is 5.01 Å². The van der Waals surface area contributed by atoms with Gasteiger partial charge in [-0.1, -0.05) is 19.8 Å². The zero-order chi connectivity index (χ0) is 11.4. The lowest BCUT2D eigenvalue weighted by atomic mass is 9.87. The van der Waals surface area contributed by atoms with Gasteiger partial charge in [-0.05, 0) is 32.7 Å². The second kappa shape index (κ2) is 5.28. The summed E-state index contributed by atoms with van der Waals surface area (Å²) in [6.07, 6.45) is 7.71. The molecule has 1 aliphatic rings. The fraction of sp³-hybridized carbons (Fsp3) is 0.769. The first-order chi connectivity index (χ1) is 7.74. The summed E-state index contributed by atoms with van der Waals surface area (Å²) >= 11 is 1.81. The molecule has 1 aromatic rings. The second-order valence-corrected chi connectivity index (χ2v) is 5.87. The molecule has 90 valence electrons. The molecule has 3 heteroatoms. The Morgan fingerprint density at radius 1 is 1.44 bits per heavy atom. The summed E-state index contributed by atoms with van der Waals surface area (Å²) in [7, 11) is 0. The van der Waals surface area contributed by atoms with E-state index in [1.54, 1.807) is 0 Å². The van der Waals surface area contributed by atoms with Gasteiger partial charge in [-0.15, -0.1) is 11.3 Å². The minimum Gasteiger partial charge on any atom is -0.311 e. The van der Waals surface area contributed by atoms with Crippen LogP contribution >= 0.6 is 11.3 Å². The highest BCUT2D eigenvalue weighted by molar-refractivity contribution is 7.09. The van der Waals surface area contributed by atoms with Crippen LogP contribution in [0.4, 0.5) is 0 Å². The first-order valence-corrected chi connectivity index (χ1v) is 7.28. The predicted molar refractivity (Wildman–Crippen MR) is 70.0 cm³/mol. The van der Waals surface area contributed by atoms with E-state index >= 15 is 0 Å². The molecule has 1 fully saturated rings. The molecule has 2 heterocycles. The van der Waals surface area contributed by atoms with Gasteiger partial charge in [-0.25, -0.2) is 4.98 Å². The van der Waals surface area contributed by atoms with Crippen LogP contribution in [0.1, 0.15) is 49.7 Å². The molecule has 2 rings (SSSR count). The third-order valence-corrected chi connectivity index (χ3v) is 4.63. The van der Waals surface area contributed by atoms with E-state index in [0.29, 0.717) is 5.54 Å². The molecule has 0 bridgehead atoms. The highest BCUT2D eigenvalue weighted by Gasteiger charge is 2.29. The quantitative estimate of drug-likeness (QED) is 0.874. The molecule has 0 aliphatic carbocycles. The van der Waals surface area contributed by atoms with E-state index in [1.165, 1.54) is 49.4 Å². The number of rotatable bonds is 3. The minimum absolute atomic E-state index is 0.320. The van der Waals surface area contributed by atoms with Crippen LogP contribution in [-0.4, -0.2) is 17.1 Å². The average Bonchev–Trinajstić information content (AvgIpc) is 2.54. The van der Waals surface area contributed by atoms with Gasteiger partial charge in [-0.3, -0.25) is 0 Å². The third-order valence-electron chi connectivity index (χ3n) is 3.67. The Balaban J connectivity index is 2.08. The Morgan fingerprint density at radius 3 is 3.00 bits per heavy atom. The van der Waals surface area contributed by atoms with Crippen LogP contribution in [0.3, 0.4) is 0 Å². The van der Waals surface area contributed by atoms with Gasteiger partial charge in [0, 0.05) is 23.0 Å². The van der Waals surface area contributed by atoms with Crippen LogP contribution in [0.25, 0.3) is 0 Å². The molecule has 16 heavy (non-hydrogen) atoms. The van der Waals surface area contributed by atoms with Crippen molar-refractivity contribution in [2.75, 3.05) is 6.54 Å². The molecule has 1 aliphatic heterocycles. The lowest BCUT2D eigenvalue weighted by Crippen LogP contribution is -2.46.